The van der Waals surface area contributed by atoms with E-state index < -0.39 is 11.1 Å². The van der Waals surface area contributed by atoms with E-state index in [1.54, 1.807) is 11.8 Å². The molecule has 0 spiro atoms. The molecule has 0 aromatic heterocycles. The Kier molecular flexibility index (Phi) is 5.61. The van der Waals surface area contributed by atoms with Crippen LogP contribution in [-0.2, 0) is 14.3 Å². The van der Waals surface area contributed by atoms with Crippen molar-refractivity contribution in [1.82, 2.24) is 4.90 Å². The molecule has 1 aliphatic rings. The van der Waals surface area contributed by atoms with Crippen LogP contribution in [0.3, 0.4) is 0 Å². The summed E-state index contributed by atoms with van der Waals surface area (Å²) < 4.78 is 10.3. The number of likely N-dealkylation sites (tertiary alicyclic amines) is 1. The average Bonchev–Trinajstić information content (AvgIpc) is 2.30. The summed E-state index contributed by atoms with van der Waals surface area (Å²) in [5.74, 6) is -0.277. The molecule has 1 aliphatic heterocycles. The van der Waals surface area contributed by atoms with Gasteiger partial charge < -0.3 is 20.1 Å². The normalized spacial score (nSPS) is 26.4. The van der Waals surface area contributed by atoms with Crippen LogP contribution in [-0.4, -0.2) is 47.8 Å². The molecule has 1 amide bonds. The molecule has 122 valence electrons. The lowest BCUT2D eigenvalue weighted by Crippen LogP contribution is -2.58. The smallest absolute Gasteiger partial charge is 0.410 e. The summed E-state index contributed by atoms with van der Waals surface area (Å²) in [4.78, 5) is 25.4. The first kappa shape index (κ1) is 17.8. The molecular weight excluding hydrogens is 272 g/mol. The van der Waals surface area contributed by atoms with Gasteiger partial charge in [0.1, 0.15) is 5.60 Å². The standard InChI is InChI=1S/C15H28N2O4/c1-6-20-12(18)9-15(16)7-8-17(10-11(15)2)13(19)21-14(3,4)5/h11H,6-10,16H2,1-5H3. The molecular formula is C15H28N2O4. The van der Waals surface area contributed by atoms with Crippen molar-refractivity contribution in [3.63, 3.8) is 0 Å². The highest BCUT2D eigenvalue weighted by atomic mass is 16.6. The van der Waals surface area contributed by atoms with Gasteiger partial charge in [-0.15, -0.1) is 0 Å². The van der Waals surface area contributed by atoms with Crippen LogP contribution in [0.1, 0.15) is 47.5 Å². The van der Waals surface area contributed by atoms with Gasteiger partial charge in [0.2, 0.25) is 0 Å². The van der Waals surface area contributed by atoms with Gasteiger partial charge in [-0.05, 0) is 40.0 Å². The third kappa shape index (κ3) is 5.19. The summed E-state index contributed by atoms with van der Waals surface area (Å²) in [6.45, 7) is 10.6. The maximum absolute atomic E-state index is 12.1. The molecule has 2 atom stereocenters. The van der Waals surface area contributed by atoms with E-state index in [9.17, 15) is 9.59 Å². The summed E-state index contributed by atoms with van der Waals surface area (Å²) in [7, 11) is 0. The monoisotopic (exact) mass is 300 g/mol. The fourth-order valence-electron chi connectivity index (χ4n) is 2.43. The predicted molar refractivity (Wildman–Crippen MR) is 79.8 cm³/mol. The highest BCUT2D eigenvalue weighted by Crippen LogP contribution is 2.29. The van der Waals surface area contributed by atoms with Crippen molar-refractivity contribution in [2.24, 2.45) is 11.7 Å². The Bertz CT molecular complexity index is 392. The first-order valence-electron chi connectivity index (χ1n) is 7.50. The maximum atomic E-state index is 12.1. The summed E-state index contributed by atoms with van der Waals surface area (Å²) in [5.41, 5.74) is 5.21. The van der Waals surface area contributed by atoms with E-state index in [0.717, 1.165) is 0 Å². The van der Waals surface area contributed by atoms with E-state index >= 15 is 0 Å². The SMILES string of the molecule is CCOC(=O)CC1(N)CCN(C(=O)OC(C)(C)C)CC1C. The van der Waals surface area contributed by atoms with Gasteiger partial charge in [-0.2, -0.15) is 0 Å². The number of amides is 1. The molecule has 0 radical (unpaired) electrons. The molecule has 21 heavy (non-hydrogen) atoms. The van der Waals surface area contributed by atoms with Gasteiger partial charge in [-0.25, -0.2) is 4.79 Å². The minimum atomic E-state index is -0.620. The minimum Gasteiger partial charge on any atom is -0.466 e. The average molecular weight is 300 g/mol. The summed E-state index contributed by atoms with van der Waals surface area (Å²) >= 11 is 0. The Morgan fingerprint density at radius 1 is 1.38 bits per heavy atom. The second-order valence-electron chi connectivity index (χ2n) is 6.79. The van der Waals surface area contributed by atoms with Crippen molar-refractivity contribution in [3.05, 3.63) is 0 Å². The van der Waals surface area contributed by atoms with E-state index in [1.165, 1.54) is 0 Å². The number of piperidine rings is 1. The summed E-state index contributed by atoms with van der Waals surface area (Å²) in [5, 5.41) is 0. The lowest BCUT2D eigenvalue weighted by molar-refractivity contribution is -0.145. The number of nitrogens with zero attached hydrogens (tertiary/aromatic N) is 1. The highest BCUT2D eigenvalue weighted by molar-refractivity contribution is 5.71. The van der Waals surface area contributed by atoms with Gasteiger partial charge in [-0.3, -0.25) is 4.79 Å². The zero-order chi connectivity index (χ0) is 16.3. The Hall–Kier alpha value is -1.30. The van der Waals surface area contributed by atoms with Gasteiger partial charge in [0.05, 0.1) is 13.0 Å². The van der Waals surface area contributed by atoms with Crippen molar-refractivity contribution in [3.8, 4) is 0 Å². The molecule has 1 rings (SSSR count). The highest BCUT2D eigenvalue weighted by Gasteiger charge is 2.41. The molecule has 2 unspecified atom stereocenters. The second-order valence-corrected chi connectivity index (χ2v) is 6.79. The van der Waals surface area contributed by atoms with Crippen molar-refractivity contribution in [2.75, 3.05) is 19.7 Å². The lowest BCUT2D eigenvalue weighted by Gasteiger charge is -2.43. The summed E-state index contributed by atoms with van der Waals surface area (Å²) in [6.07, 6.45) is 0.420. The van der Waals surface area contributed by atoms with E-state index in [1.807, 2.05) is 27.7 Å². The third-order valence-electron chi connectivity index (χ3n) is 3.75. The van der Waals surface area contributed by atoms with Crippen LogP contribution in [0.2, 0.25) is 0 Å². The molecule has 0 aromatic carbocycles. The Labute approximate surface area is 126 Å². The first-order chi connectivity index (χ1) is 9.57. The Morgan fingerprint density at radius 3 is 2.48 bits per heavy atom. The van der Waals surface area contributed by atoms with E-state index in [2.05, 4.69) is 0 Å². The van der Waals surface area contributed by atoms with E-state index in [4.69, 9.17) is 15.2 Å². The third-order valence-corrected chi connectivity index (χ3v) is 3.75. The Balaban J connectivity index is 2.61. The Morgan fingerprint density at radius 2 is 2.00 bits per heavy atom. The second kappa shape index (κ2) is 6.64. The van der Waals surface area contributed by atoms with Crippen LogP contribution in [0.5, 0.6) is 0 Å². The van der Waals surface area contributed by atoms with Crippen LogP contribution in [0.4, 0.5) is 4.79 Å². The van der Waals surface area contributed by atoms with Crippen molar-refractivity contribution in [1.29, 1.82) is 0 Å². The van der Waals surface area contributed by atoms with Crippen molar-refractivity contribution < 1.29 is 19.1 Å². The molecule has 1 saturated heterocycles. The molecule has 2 N–H and O–H groups in total. The number of rotatable bonds is 3. The first-order valence-corrected chi connectivity index (χ1v) is 7.50. The topological polar surface area (TPSA) is 81.9 Å². The molecule has 0 aromatic rings. The van der Waals surface area contributed by atoms with Crippen molar-refractivity contribution in [2.45, 2.75) is 58.6 Å². The fraction of sp³-hybridized carbons (Fsp3) is 0.867. The van der Waals surface area contributed by atoms with Crippen LogP contribution in [0.25, 0.3) is 0 Å². The van der Waals surface area contributed by atoms with Gasteiger partial charge in [0.15, 0.2) is 0 Å². The van der Waals surface area contributed by atoms with Crippen LogP contribution in [0, 0.1) is 5.92 Å². The fourth-order valence-corrected chi connectivity index (χ4v) is 2.43. The molecule has 6 nitrogen and oxygen atoms in total. The van der Waals surface area contributed by atoms with Crippen LogP contribution >= 0.6 is 0 Å². The molecule has 1 fully saturated rings. The zero-order valence-electron chi connectivity index (χ0n) is 13.8. The number of carbonyl (C=O) groups is 2. The van der Waals surface area contributed by atoms with E-state index in [-0.39, 0.29) is 24.4 Å². The van der Waals surface area contributed by atoms with Gasteiger partial charge in [0, 0.05) is 18.6 Å². The molecule has 1 heterocycles. The van der Waals surface area contributed by atoms with Gasteiger partial charge in [-0.1, -0.05) is 6.92 Å². The summed E-state index contributed by atoms with van der Waals surface area (Å²) in [6, 6.07) is 0. The van der Waals surface area contributed by atoms with E-state index in [0.29, 0.717) is 26.1 Å². The lowest BCUT2D eigenvalue weighted by atomic mass is 9.77. The number of hydrogen-bond acceptors (Lipinski definition) is 5. The minimum absolute atomic E-state index is 0.00294. The number of esters is 1. The zero-order valence-corrected chi connectivity index (χ0v) is 13.8. The predicted octanol–water partition coefficient (Wildman–Crippen LogP) is 1.91. The molecule has 0 bridgehead atoms. The number of carbonyl (C=O) groups excluding carboxylic acids is 2. The quantitative estimate of drug-likeness (QED) is 0.805. The maximum Gasteiger partial charge on any atom is 0.410 e. The van der Waals surface area contributed by atoms with Gasteiger partial charge in [0.25, 0.3) is 0 Å². The molecule has 0 aliphatic carbocycles. The molecule has 0 saturated carbocycles. The number of ether oxygens (including phenoxy) is 2. The van der Waals surface area contributed by atoms with Crippen LogP contribution < -0.4 is 5.73 Å². The van der Waals surface area contributed by atoms with Gasteiger partial charge >= 0.3 is 12.1 Å². The number of hydrogen-bond donors (Lipinski definition) is 1. The van der Waals surface area contributed by atoms with Crippen LogP contribution in [0.15, 0.2) is 0 Å². The molecule has 6 heteroatoms. The van der Waals surface area contributed by atoms with Crippen molar-refractivity contribution >= 4 is 12.1 Å². The number of nitrogens with two attached hydrogens (primary N) is 1. The largest absolute Gasteiger partial charge is 0.466 e.